The Balaban J connectivity index is 1.79. The molecule has 2 atom stereocenters. The summed E-state index contributed by atoms with van der Waals surface area (Å²) in [6.07, 6.45) is -2.73. The van der Waals surface area contributed by atoms with Gasteiger partial charge < -0.3 is 10.1 Å². The number of carbonyl (C=O) groups is 1. The zero-order valence-electron chi connectivity index (χ0n) is 17.2. The smallest absolute Gasteiger partial charge is 0.422 e. The maximum absolute atomic E-state index is 12.9. The summed E-state index contributed by atoms with van der Waals surface area (Å²) in [5.74, 6) is -0.908. The molecule has 12 heteroatoms. The van der Waals surface area contributed by atoms with Crippen LogP contribution in [0.4, 0.5) is 18.9 Å². The minimum absolute atomic E-state index is 0.0788. The van der Waals surface area contributed by atoms with Crippen molar-refractivity contribution in [3.05, 3.63) is 48.2 Å². The van der Waals surface area contributed by atoms with Gasteiger partial charge in [0.25, 0.3) is 10.0 Å². The Bertz CT molecular complexity index is 1120. The van der Waals surface area contributed by atoms with Crippen LogP contribution >= 0.6 is 0 Å². The van der Waals surface area contributed by atoms with E-state index in [4.69, 9.17) is 0 Å². The Hall–Kier alpha value is -3.15. The zero-order valence-corrected chi connectivity index (χ0v) is 18.0. The zero-order chi connectivity index (χ0) is 23.5. The molecule has 3 rings (SSSR count). The molecule has 0 saturated carbocycles. The Kier molecular flexibility index (Phi) is 6.72. The average molecular weight is 470 g/mol. The predicted molar refractivity (Wildman–Crippen MR) is 111 cm³/mol. The minimum atomic E-state index is -4.49. The lowest BCUT2D eigenvalue weighted by molar-refractivity contribution is -0.154. The Morgan fingerprint density at radius 3 is 2.59 bits per heavy atom. The van der Waals surface area contributed by atoms with Crippen molar-refractivity contribution in [2.75, 3.05) is 11.9 Å². The van der Waals surface area contributed by atoms with Crippen LogP contribution in [0.1, 0.15) is 25.8 Å². The molecule has 8 nitrogen and oxygen atoms in total. The summed E-state index contributed by atoms with van der Waals surface area (Å²) >= 11 is 0. The molecule has 2 aromatic rings. The maximum atomic E-state index is 12.9. The van der Waals surface area contributed by atoms with Crippen LogP contribution in [0.15, 0.2) is 52.5 Å². The van der Waals surface area contributed by atoms with Gasteiger partial charge in [0.15, 0.2) is 6.61 Å². The van der Waals surface area contributed by atoms with Gasteiger partial charge in [0, 0.05) is 11.6 Å². The lowest BCUT2D eigenvalue weighted by Gasteiger charge is -2.19. The van der Waals surface area contributed by atoms with E-state index in [0.717, 1.165) is 6.20 Å². The second kappa shape index (κ2) is 9.15. The van der Waals surface area contributed by atoms with Gasteiger partial charge in [0.2, 0.25) is 11.8 Å². The van der Waals surface area contributed by atoms with E-state index in [9.17, 15) is 26.4 Å². The van der Waals surface area contributed by atoms with Crippen molar-refractivity contribution in [1.29, 1.82) is 0 Å². The summed E-state index contributed by atoms with van der Waals surface area (Å²) in [6, 6.07) is 7.94. The maximum Gasteiger partial charge on any atom is 0.422 e. The molecule has 0 spiro atoms. The van der Waals surface area contributed by atoms with Crippen molar-refractivity contribution in [1.82, 2.24) is 9.71 Å². The SMILES string of the molecule is CC[C@H](C)[C@H](N=C1NS(=O)(=O)c2ccccc21)C(=O)Nc1ccc(OCC(F)(F)F)nc1. The fourth-order valence-corrected chi connectivity index (χ4v) is 4.19. The number of amidine groups is 1. The minimum Gasteiger partial charge on any atom is -0.468 e. The van der Waals surface area contributed by atoms with Gasteiger partial charge in [-0.25, -0.2) is 13.4 Å². The van der Waals surface area contributed by atoms with Crippen LogP contribution < -0.4 is 14.8 Å². The fourth-order valence-electron chi connectivity index (χ4n) is 2.95. The number of nitrogens with zero attached hydrogens (tertiary/aromatic N) is 2. The molecule has 172 valence electrons. The molecule has 0 fully saturated rings. The van der Waals surface area contributed by atoms with Crippen molar-refractivity contribution >= 4 is 27.5 Å². The van der Waals surface area contributed by atoms with E-state index in [2.05, 4.69) is 24.8 Å². The largest absolute Gasteiger partial charge is 0.468 e. The highest BCUT2D eigenvalue weighted by atomic mass is 32.2. The number of nitrogens with one attached hydrogen (secondary N) is 2. The van der Waals surface area contributed by atoms with Gasteiger partial charge in [-0.15, -0.1) is 0 Å². The Morgan fingerprint density at radius 1 is 1.25 bits per heavy atom. The topological polar surface area (TPSA) is 110 Å². The number of hydrogen-bond acceptors (Lipinski definition) is 6. The molecule has 1 aromatic carbocycles. The van der Waals surface area contributed by atoms with Crippen molar-refractivity contribution < 1.29 is 31.1 Å². The number of ether oxygens (including phenoxy) is 1. The molecular formula is C20H21F3N4O4S. The molecule has 1 aliphatic heterocycles. The van der Waals surface area contributed by atoms with Crippen molar-refractivity contribution in [3.8, 4) is 5.88 Å². The van der Waals surface area contributed by atoms with Crippen LogP contribution in [0.5, 0.6) is 5.88 Å². The number of anilines is 1. The third-order valence-corrected chi connectivity index (χ3v) is 6.17. The van der Waals surface area contributed by atoms with E-state index in [1.807, 2.05) is 6.92 Å². The number of halogens is 3. The van der Waals surface area contributed by atoms with E-state index >= 15 is 0 Å². The van der Waals surface area contributed by atoms with E-state index in [1.54, 1.807) is 25.1 Å². The Labute approximate surface area is 183 Å². The lowest BCUT2D eigenvalue weighted by atomic mass is 9.98. The number of rotatable bonds is 7. The molecule has 1 aliphatic rings. The number of sulfonamides is 1. The van der Waals surface area contributed by atoms with Crippen LogP contribution in [-0.4, -0.2) is 44.0 Å². The number of benzene rings is 1. The van der Waals surface area contributed by atoms with Gasteiger partial charge in [-0.3, -0.25) is 14.5 Å². The third kappa shape index (κ3) is 5.55. The third-order valence-electron chi connectivity index (χ3n) is 4.77. The number of aromatic nitrogens is 1. The lowest BCUT2D eigenvalue weighted by Crippen LogP contribution is -2.34. The monoisotopic (exact) mass is 470 g/mol. The van der Waals surface area contributed by atoms with Crippen LogP contribution in [-0.2, 0) is 14.8 Å². The second-order valence-corrected chi connectivity index (χ2v) is 8.84. The summed E-state index contributed by atoms with van der Waals surface area (Å²) in [5, 5.41) is 2.61. The molecule has 0 aliphatic carbocycles. The average Bonchev–Trinajstić information content (AvgIpc) is 3.00. The fraction of sp³-hybridized carbons (Fsp3) is 0.350. The van der Waals surface area contributed by atoms with Gasteiger partial charge in [-0.2, -0.15) is 13.2 Å². The number of aliphatic imine (C=N–C) groups is 1. The Morgan fingerprint density at radius 2 is 1.97 bits per heavy atom. The number of fused-ring (bicyclic) bond motifs is 1. The van der Waals surface area contributed by atoms with Crippen molar-refractivity contribution in [2.24, 2.45) is 10.9 Å². The van der Waals surface area contributed by atoms with E-state index < -0.39 is 34.8 Å². The second-order valence-electron chi connectivity index (χ2n) is 7.19. The highest BCUT2D eigenvalue weighted by Crippen LogP contribution is 2.25. The molecule has 2 heterocycles. The first-order valence-corrected chi connectivity index (χ1v) is 11.1. The molecule has 0 saturated heterocycles. The van der Waals surface area contributed by atoms with Crippen LogP contribution in [0.2, 0.25) is 0 Å². The van der Waals surface area contributed by atoms with Gasteiger partial charge in [0.1, 0.15) is 11.9 Å². The normalized spacial score (nSPS) is 17.8. The summed E-state index contributed by atoms with van der Waals surface area (Å²) < 4.78 is 68.2. The summed E-state index contributed by atoms with van der Waals surface area (Å²) in [4.78, 5) is 21.1. The van der Waals surface area contributed by atoms with E-state index in [0.29, 0.717) is 12.0 Å². The molecule has 0 unspecified atom stereocenters. The molecule has 2 N–H and O–H groups in total. The quantitative estimate of drug-likeness (QED) is 0.646. The summed E-state index contributed by atoms with van der Waals surface area (Å²) in [7, 11) is -3.75. The first kappa shape index (κ1) is 23.5. The molecule has 1 aromatic heterocycles. The highest BCUT2D eigenvalue weighted by Gasteiger charge is 2.33. The molecule has 0 bridgehead atoms. The van der Waals surface area contributed by atoms with Crippen molar-refractivity contribution in [2.45, 2.75) is 37.4 Å². The van der Waals surface area contributed by atoms with E-state index in [1.165, 1.54) is 18.2 Å². The number of amides is 1. The van der Waals surface area contributed by atoms with Crippen LogP contribution in [0.3, 0.4) is 0 Å². The molecule has 1 amide bonds. The summed E-state index contributed by atoms with van der Waals surface area (Å²) in [6.45, 7) is 2.19. The van der Waals surface area contributed by atoms with Gasteiger partial charge in [-0.1, -0.05) is 32.4 Å². The first-order chi connectivity index (χ1) is 15.0. The summed E-state index contributed by atoms with van der Waals surface area (Å²) in [5.41, 5.74) is 0.608. The highest BCUT2D eigenvalue weighted by molar-refractivity contribution is 7.90. The van der Waals surface area contributed by atoms with E-state index in [-0.39, 0.29) is 28.2 Å². The predicted octanol–water partition coefficient (Wildman–Crippen LogP) is 3.11. The van der Waals surface area contributed by atoms with Crippen LogP contribution in [0.25, 0.3) is 0 Å². The van der Waals surface area contributed by atoms with Crippen LogP contribution in [0, 0.1) is 5.92 Å². The van der Waals surface area contributed by atoms with Gasteiger partial charge >= 0.3 is 6.18 Å². The number of carbonyl (C=O) groups excluding carboxylic acids is 1. The van der Waals surface area contributed by atoms with Gasteiger partial charge in [-0.05, 0) is 24.1 Å². The molecule has 0 radical (unpaired) electrons. The number of pyridine rings is 1. The first-order valence-electron chi connectivity index (χ1n) is 9.66. The van der Waals surface area contributed by atoms with Gasteiger partial charge in [0.05, 0.1) is 16.8 Å². The standard InChI is InChI=1S/C20H21F3N4O4S/c1-3-12(2)17(26-18-14-6-4-5-7-15(14)32(29,30)27-18)19(28)25-13-8-9-16(24-10-13)31-11-20(21,22)23/h4-10,12,17H,3,11H2,1-2H3,(H,25,28)(H,26,27)/t12-,17-/m0/s1. The van der Waals surface area contributed by atoms with Crippen molar-refractivity contribution in [3.63, 3.8) is 0 Å². The number of hydrogen-bond donors (Lipinski definition) is 2. The molecule has 32 heavy (non-hydrogen) atoms. The number of alkyl halides is 3. The molecular weight excluding hydrogens is 449 g/mol.